The van der Waals surface area contributed by atoms with Crippen molar-refractivity contribution in [2.75, 3.05) is 0 Å². The summed E-state index contributed by atoms with van der Waals surface area (Å²) in [6.07, 6.45) is -8.62. The predicted molar refractivity (Wildman–Crippen MR) is 70.6 cm³/mol. The van der Waals surface area contributed by atoms with Gasteiger partial charge in [0, 0.05) is 0 Å². The van der Waals surface area contributed by atoms with Crippen molar-refractivity contribution in [3.8, 4) is 0 Å². The van der Waals surface area contributed by atoms with Crippen molar-refractivity contribution in [3.05, 3.63) is 35.9 Å². The van der Waals surface area contributed by atoms with Crippen LogP contribution >= 0.6 is 0 Å². The SMILES string of the molecule is CC(C)(C)OC(=O)NC(c1ccccc1)C(O)C(F)(F)F. The molecule has 21 heavy (non-hydrogen) atoms. The number of nitrogens with one attached hydrogen (secondary N) is 1. The molecule has 1 rings (SSSR count). The molecule has 2 atom stereocenters. The molecule has 4 nitrogen and oxygen atoms in total. The second-order valence-electron chi connectivity index (χ2n) is 5.52. The van der Waals surface area contributed by atoms with Gasteiger partial charge in [-0.15, -0.1) is 0 Å². The fourth-order valence-corrected chi connectivity index (χ4v) is 1.63. The van der Waals surface area contributed by atoms with Crippen LogP contribution in [0.2, 0.25) is 0 Å². The Kier molecular flexibility index (Phi) is 5.22. The van der Waals surface area contributed by atoms with Gasteiger partial charge in [0.05, 0.1) is 6.04 Å². The number of hydrogen-bond donors (Lipinski definition) is 2. The van der Waals surface area contributed by atoms with E-state index in [9.17, 15) is 23.1 Å². The molecule has 1 amide bonds. The summed E-state index contributed by atoms with van der Waals surface area (Å²) in [6.45, 7) is 4.76. The predicted octanol–water partition coefficient (Wildman–Crippen LogP) is 3.18. The number of alkyl halides is 3. The molecule has 0 aliphatic rings. The number of carbonyl (C=O) groups is 1. The monoisotopic (exact) mass is 305 g/mol. The summed E-state index contributed by atoms with van der Waals surface area (Å²) in [4.78, 5) is 11.7. The van der Waals surface area contributed by atoms with Crippen molar-refractivity contribution in [1.29, 1.82) is 0 Å². The van der Waals surface area contributed by atoms with Gasteiger partial charge in [-0.25, -0.2) is 4.79 Å². The van der Waals surface area contributed by atoms with E-state index in [1.54, 1.807) is 26.8 Å². The zero-order valence-electron chi connectivity index (χ0n) is 11.9. The van der Waals surface area contributed by atoms with Gasteiger partial charge in [0.2, 0.25) is 0 Å². The summed E-state index contributed by atoms with van der Waals surface area (Å²) < 4.78 is 43.1. The summed E-state index contributed by atoms with van der Waals surface area (Å²) in [6, 6.07) is 5.79. The first-order chi connectivity index (χ1) is 9.50. The molecule has 0 spiro atoms. The Balaban J connectivity index is 2.96. The van der Waals surface area contributed by atoms with Gasteiger partial charge in [-0.2, -0.15) is 13.2 Å². The van der Waals surface area contributed by atoms with E-state index in [4.69, 9.17) is 4.74 Å². The molecule has 2 N–H and O–H groups in total. The van der Waals surface area contributed by atoms with Crippen molar-refractivity contribution in [3.63, 3.8) is 0 Å². The molecule has 0 saturated heterocycles. The minimum absolute atomic E-state index is 0.133. The molecule has 1 aromatic carbocycles. The summed E-state index contributed by atoms with van der Waals surface area (Å²) >= 11 is 0. The first kappa shape index (κ1) is 17.3. The van der Waals surface area contributed by atoms with Crippen LogP contribution in [0.15, 0.2) is 30.3 Å². The van der Waals surface area contributed by atoms with E-state index in [-0.39, 0.29) is 5.56 Å². The number of rotatable bonds is 3. The van der Waals surface area contributed by atoms with Crippen molar-refractivity contribution in [1.82, 2.24) is 5.32 Å². The third-order valence-corrected chi connectivity index (χ3v) is 2.48. The molecule has 0 saturated carbocycles. The Hall–Kier alpha value is -1.76. The second kappa shape index (κ2) is 6.34. The highest BCUT2D eigenvalue weighted by atomic mass is 19.4. The molecule has 2 unspecified atom stereocenters. The van der Waals surface area contributed by atoms with E-state index in [2.05, 4.69) is 5.32 Å². The average molecular weight is 305 g/mol. The molecule has 0 fully saturated rings. The van der Waals surface area contributed by atoms with Gasteiger partial charge in [-0.3, -0.25) is 0 Å². The number of ether oxygens (including phenoxy) is 1. The number of alkyl carbamates (subject to hydrolysis) is 1. The maximum Gasteiger partial charge on any atom is 0.416 e. The van der Waals surface area contributed by atoms with Gasteiger partial charge >= 0.3 is 12.3 Å². The Morgan fingerprint density at radius 2 is 1.71 bits per heavy atom. The molecule has 0 bridgehead atoms. The van der Waals surface area contributed by atoms with Gasteiger partial charge < -0.3 is 15.2 Å². The minimum Gasteiger partial charge on any atom is -0.444 e. The molecule has 0 aliphatic heterocycles. The van der Waals surface area contributed by atoms with Crippen LogP contribution in [-0.2, 0) is 4.74 Å². The Bertz CT molecular complexity index is 469. The molecule has 0 aromatic heterocycles. The van der Waals surface area contributed by atoms with Gasteiger partial charge in [0.25, 0.3) is 0 Å². The first-order valence-corrected chi connectivity index (χ1v) is 6.30. The van der Waals surface area contributed by atoms with Crippen molar-refractivity contribution in [2.45, 2.75) is 44.7 Å². The maximum atomic E-state index is 12.7. The third-order valence-electron chi connectivity index (χ3n) is 2.48. The summed E-state index contributed by atoms with van der Waals surface area (Å²) in [5, 5.41) is 11.5. The van der Waals surface area contributed by atoms with E-state index in [0.717, 1.165) is 0 Å². The number of benzene rings is 1. The van der Waals surface area contributed by atoms with Gasteiger partial charge in [0.1, 0.15) is 5.60 Å². The highest BCUT2D eigenvalue weighted by molar-refractivity contribution is 5.68. The van der Waals surface area contributed by atoms with Crippen LogP contribution in [-0.4, -0.2) is 29.1 Å². The van der Waals surface area contributed by atoms with Crippen molar-refractivity contribution in [2.24, 2.45) is 0 Å². The van der Waals surface area contributed by atoms with Gasteiger partial charge in [0.15, 0.2) is 6.10 Å². The van der Waals surface area contributed by atoms with Crippen molar-refractivity contribution < 1.29 is 27.8 Å². The summed E-state index contributed by atoms with van der Waals surface area (Å²) in [5.41, 5.74) is -0.720. The van der Waals surface area contributed by atoms with Crippen LogP contribution in [0.25, 0.3) is 0 Å². The second-order valence-corrected chi connectivity index (χ2v) is 5.52. The first-order valence-electron chi connectivity index (χ1n) is 6.30. The molecular formula is C14H18F3NO3. The molecule has 7 heteroatoms. The van der Waals surface area contributed by atoms with Crippen LogP contribution in [0.4, 0.5) is 18.0 Å². The number of aliphatic hydroxyl groups excluding tert-OH is 1. The standard InChI is InChI=1S/C14H18F3NO3/c1-13(2,3)21-12(20)18-10(11(19)14(15,16)17)9-7-5-4-6-8-9/h4-8,10-11,19H,1-3H3,(H,18,20). The lowest BCUT2D eigenvalue weighted by molar-refractivity contribution is -0.212. The highest BCUT2D eigenvalue weighted by Gasteiger charge is 2.45. The Labute approximate surface area is 120 Å². The van der Waals surface area contributed by atoms with Crippen LogP contribution in [0.5, 0.6) is 0 Å². The van der Waals surface area contributed by atoms with Crippen LogP contribution < -0.4 is 5.32 Å². The average Bonchev–Trinajstić information content (AvgIpc) is 2.33. The smallest absolute Gasteiger partial charge is 0.416 e. The number of hydrogen-bond acceptors (Lipinski definition) is 3. The third kappa shape index (κ3) is 5.63. The number of halogens is 3. The topological polar surface area (TPSA) is 58.6 Å². The van der Waals surface area contributed by atoms with E-state index in [0.29, 0.717) is 0 Å². The van der Waals surface area contributed by atoms with Crippen molar-refractivity contribution >= 4 is 6.09 Å². The quantitative estimate of drug-likeness (QED) is 0.901. The summed E-state index contributed by atoms with van der Waals surface area (Å²) in [5.74, 6) is 0. The lowest BCUT2D eigenvalue weighted by Crippen LogP contribution is -2.45. The lowest BCUT2D eigenvalue weighted by atomic mass is 10.0. The van der Waals surface area contributed by atoms with E-state index >= 15 is 0 Å². The van der Waals surface area contributed by atoms with E-state index in [1.807, 2.05) is 0 Å². The molecular weight excluding hydrogens is 287 g/mol. The molecule has 0 aliphatic carbocycles. The van der Waals surface area contributed by atoms with E-state index in [1.165, 1.54) is 24.3 Å². The molecule has 118 valence electrons. The normalized spacial score (nSPS) is 15.2. The number of amides is 1. The maximum absolute atomic E-state index is 12.7. The number of aliphatic hydroxyl groups is 1. The van der Waals surface area contributed by atoms with E-state index < -0.39 is 30.0 Å². The highest BCUT2D eigenvalue weighted by Crippen LogP contribution is 2.30. The largest absolute Gasteiger partial charge is 0.444 e. The Morgan fingerprint density at radius 3 is 2.14 bits per heavy atom. The fraction of sp³-hybridized carbons (Fsp3) is 0.500. The number of carbonyl (C=O) groups excluding carboxylic acids is 1. The zero-order valence-corrected chi connectivity index (χ0v) is 11.9. The Morgan fingerprint density at radius 1 is 1.19 bits per heavy atom. The fourth-order valence-electron chi connectivity index (χ4n) is 1.63. The van der Waals surface area contributed by atoms with Crippen LogP contribution in [0.1, 0.15) is 32.4 Å². The molecule has 1 aromatic rings. The summed E-state index contributed by atoms with van der Waals surface area (Å²) in [7, 11) is 0. The van der Waals surface area contributed by atoms with Crippen LogP contribution in [0, 0.1) is 0 Å². The van der Waals surface area contributed by atoms with Gasteiger partial charge in [-0.05, 0) is 26.3 Å². The van der Waals surface area contributed by atoms with Crippen LogP contribution in [0.3, 0.4) is 0 Å². The zero-order chi connectivity index (χ0) is 16.3. The molecule has 0 heterocycles. The minimum atomic E-state index is -4.87. The molecule has 0 radical (unpaired) electrons. The van der Waals surface area contributed by atoms with Gasteiger partial charge in [-0.1, -0.05) is 30.3 Å². The lowest BCUT2D eigenvalue weighted by Gasteiger charge is -2.28.